The molecule has 6 heteroatoms. The highest BCUT2D eigenvalue weighted by Gasteiger charge is 2.39. The summed E-state index contributed by atoms with van der Waals surface area (Å²) in [6, 6.07) is 4.22. The Morgan fingerprint density at radius 3 is 2.22 bits per heavy atom. The van der Waals surface area contributed by atoms with E-state index in [1.807, 2.05) is 12.1 Å². The quantitative estimate of drug-likeness (QED) is 0.806. The lowest BCUT2D eigenvalue weighted by molar-refractivity contribution is 0.324. The van der Waals surface area contributed by atoms with Crippen molar-refractivity contribution in [2.24, 2.45) is 11.8 Å². The van der Waals surface area contributed by atoms with Gasteiger partial charge in [-0.3, -0.25) is 0 Å². The number of fused-ring (bicyclic) bond motifs is 2. The summed E-state index contributed by atoms with van der Waals surface area (Å²) in [5.41, 5.74) is 0.820. The Hall–Kier alpha value is -1.69. The first kappa shape index (κ1) is 16.2. The standard InChI is InChI=1S/C17H24N2O3S/c1-20-14-8-12(9-15(21-2)16(14)22-3)18-17(23)19-13-7-10-4-5-11(13)6-10/h8-11,13H,4-7H2,1-3H3,(H2,18,19,23). The predicted molar refractivity (Wildman–Crippen MR) is 94.7 cm³/mol. The van der Waals surface area contributed by atoms with E-state index in [9.17, 15) is 0 Å². The minimum absolute atomic E-state index is 0.510. The molecule has 2 fully saturated rings. The molecule has 0 amide bonds. The molecule has 2 bridgehead atoms. The van der Waals surface area contributed by atoms with E-state index in [1.165, 1.54) is 25.7 Å². The van der Waals surface area contributed by atoms with E-state index >= 15 is 0 Å². The van der Waals surface area contributed by atoms with Crippen molar-refractivity contribution in [2.75, 3.05) is 26.6 Å². The molecule has 2 saturated carbocycles. The fourth-order valence-corrected chi connectivity index (χ4v) is 4.18. The van der Waals surface area contributed by atoms with Crippen molar-refractivity contribution >= 4 is 23.0 Å². The molecule has 0 radical (unpaired) electrons. The van der Waals surface area contributed by atoms with Gasteiger partial charge in [-0.25, -0.2) is 0 Å². The van der Waals surface area contributed by atoms with Crippen LogP contribution in [0.3, 0.4) is 0 Å². The third kappa shape index (κ3) is 3.32. The molecule has 2 N–H and O–H groups in total. The summed E-state index contributed by atoms with van der Waals surface area (Å²) in [5, 5.41) is 7.35. The molecule has 5 nitrogen and oxygen atoms in total. The highest BCUT2D eigenvalue weighted by molar-refractivity contribution is 7.80. The largest absolute Gasteiger partial charge is 0.493 e. The molecule has 126 valence electrons. The van der Waals surface area contributed by atoms with Gasteiger partial charge in [0.1, 0.15) is 0 Å². The fraction of sp³-hybridized carbons (Fsp3) is 0.588. The SMILES string of the molecule is COc1cc(NC(=S)NC2CC3CCC2C3)cc(OC)c1OC. The minimum Gasteiger partial charge on any atom is -0.493 e. The Morgan fingerprint density at radius 1 is 1.04 bits per heavy atom. The first-order valence-corrected chi connectivity index (χ1v) is 8.43. The highest BCUT2D eigenvalue weighted by atomic mass is 32.1. The van der Waals surface area contributed by atoms with E-state index in [0.717, 1.165) is 17.5 Å². The summed E-state index contributed by atoms with van der Waals surface area (Å²) < 4.78 is 16.1. The van der Waals surface area contributed by atoms with Crippen LogP contribution in [0.1, 0.15) is 25.7 Å². The molecule has 23 heavy (non-hydrogen) atoms. The average molecular weight is 336 g/mol. The Morgan fingerprint density at radius 2 is 1.74 bits per heavy atom. The molecular weight excluding hydrogens is 312 g/mol. The summed E-state index contributed by atoms with van der Waals surface area (Å²) in [7, 11) is 4.80. The molecule has 2 aliphatic carbocycles. The summed E-state index contributed by atoms with van der Waals surface area (Å²) in [6.07, 6.45) is 5.30. The van der Waals surface area contributed by atoms with Gasteiger partial charge in [-0.2, -0.15) is 0 Å². The average Bonchev–Trinajstić information content (AvgIpc) is 3.16. The van der Waals surface area contributed by atoms with Crippen LogP contribution in [0.2, 0.25) is 0 Å². The van der Waals surface area contributed by atoms with E-state index in [2.05, 4.69) is 10.6 Å². The lowest BCUT2D eigenvalue weighted by atomic mass is 9.96. The van der Waals surface area contributed by atoms with Crippen molar-refractivity contribution < 1.29 is 14.2 Å². The molecule has 0 aromatic heterocycles. The Kier molecular flexibility index (Phi) is 4.80. The van der Waals surface area contributed by atoms with Gasteiger partial charge in [0.05, 0.1) is 21.3 Å². The molecular formula is C17H24N2O3S. The van der Waals surface area contributed by atoms with Gasteiger partial charge in [0.15, 0.2) is 16.6 Å². The molecule has 0 spiro atoms. The molecule has 3 rings (SSSR count). The number of benzene rings is 1. The van der Waals surface area contributed by atoms with Crippen molar-refractivity contribution in [3.05, 3.63) is 12.1 Å². The number of anilines is 1. The fourth-order valence-electron chi connectivity index (χ4n) is 3.91. The van der Waals surface area contributed by atoms with Crippen molar-refractivity contribution in [2.45, 2.75) is 31.7 Å². The molecule has 3 unspecified atom stereocenters. The first-order chi connectivity index (χ1) is 11.1. The van der Waals surface area contributed by atoms with Crippen LogP contribution < -0.4 is 24.8 Å². The van der Waals surface area contributed by atoms with Crippen LogP contribution in [0, 0.1) is 11.8 Å². The normalized spacial score (nSPS) is 25.1. The van der Waals surface area contributed by atoms with Crippen LogP contribution >= 0.6 is 12.2 Å². The van der Waals surface area contributed by atoms with Crippen LogP contribution in [0.15, 0.2) is 12.1 Å². The van der Waals surface area contributed by atoms with Crippen molar-refractivity contribution in [1.82, 2.24) is 5.32 Å². The van der Waals surface area contributed by atoms with Crippen molar-refractivity contribution in [3.63, 3.8) is 0 Å². The first-order valence-electron chi connectivity index (χ1n) is 8.02. The topological polar surface area (TPSA) is 51.8 Å². The van der Waals surface area contributed by atoms with Gasteiger partial charge >= 0.3 is 0 Å². The van der Waals surface area contributed by atoms with Crippen molar-refractivity contribution in [3.8, 4) is 17.2 Å². The third-order valence-electron chi connectivity index (χ3n) is 4.98. The van der Waals surface area contributed by atoms with E-state index < -0.39 is 0 Å². The van der Waals surface area contributed by atoms with E-state index in [4.69, 9.17) is 26.4 Å². The zero-order chi connectivity index (χ0) is 16.4. The summed E-state index contributed by atoms with van der Waals surface area (Å²) >= 11 is 5.47. The van der Waals surface area contributed by atoms with Crippen LogP contribution in [0.25, 0.3) is 0 Å². The number of hydrogen-bond acceptors (Lipinski definition) is 4. The van der Waals surface area contributed by atoms with Gasteiger partial charge in [0, 0.05) is 23.9 Å². The lowest BCUT2D eigenvalue weighted by Crippen LogP contribution is -2.40. The zero-order valence-corrected chi connectivity index (χ0v) is 14.7. The number of rotatable bonds is 5. The predicted octanol–water partition coefficient (Wildman–Crippen LogP) is 3.19. The lowest BCUT2D eigenvalue weighted by Gasteiger charge is -2.24. The van der Waals surface area contributed by atoms with E-state index in [0.29, 0.717) is 28.4 Å². The van der Waals surface area contributed by atoms with Crippen LogP contribution in [0.4, 0.5) is 5.69 Å². The summed E-state index contributed by atoms with van der Waals surface area (Å²) in [6.45, 7) is 0. The maximum Gasteiger partial charge on any atom is 0.203 e. The van der Waals surface area contributed by atoms with Crippen LogP contribution in [-0.2, 0) is 0 Å². The number of methoxy groups -OCH3 is 3. The van der Waals surface area contributed by atoms with Crippen LogP contribution in [-0.4, -0.2) is 32.5 Å². The number of hydrogen-bond donors (Lipinski definition) is 2. The smallest absolute Gasteiger partial charge is 0.203 e. The highest BCUT2D eigenvalue weighted by Crippen LogP contribution is 2.44. The molecule has 2 aliphatic rings. The summed E-state index contributed by atoms with van der Waals surface area (Å²) in [4.78, 5) is 0. The number of nitrogens with one attached hydrogen (secondary N) is 2. The monoisotopic (exact) mass is 336 g/mol. The maximum absolute atomic E-state index is 5.47. The number of ether oxygens (including phenoxy) is 3. The second-order valence-corrected chi connectivity index (χ2v) is 6.70. The molecule has 0 aliphatic heterocycles. The van der Waals surface area contributed by atoms with E-state index in [-0.39, 0.29) is 0 Å². The molecule has 1 aromatic carbocycles. The molecule has 1 aromatic rings. The van der Waals surface area contributed by atoms with Crippen LogP contribution in [0.5, 0.6) is 17.2 Å². The maximum atomic E-state index is 5.47. The van der Waals surface area contributed by atoms with Gasteiger partial charge in [-0.15, -0.1) is 0 Å². The molecule has 0 saturated heterocycles. The van der Waals surface area contributed by atoms with Gasteiger partial charge in [-0.1, -0.05) is 6.42 Å². The molecule has 0 heterocycles. The second-order valence-electron chi connectivity index (χ2n) is 6.29. The van der Waals surface area contributed by atoms with Crippen molar-refractivity contribution in [1.29, 1.82) is 0 Å². The number of thiocarbonyl (C=S) groups is 1. The second kappa shape index (κ2) is 6.83. The Bertz CT molecular complexity index is 568. The Labute approximate surface area is 142 Å². The minimum atomic E-state index is 0.510. The van der Waals surface area contributed by atoms with Gasteiger partial charge in [0.25, 0.3) is 0 Å². The van der Waals surface area contributed by atoms with E-state index in [1.54, 1.807) is 21.3 Å². The Balaban J connectivity index is 1.68. The molecule has 3 atom stereocenters. The zero-order valence-electron chi connectivity index (χ0n) is 13.8. The summed E-state index contributed by atoms with van der Waals surface area (Å²) in [5.74, 6) is 3.46. The van der Waals surface area contributed by atoms with Gasteiger partial charge in [0.2, 0.25) is 5.75 Å². The van der Waals surface area contributed by atoms with Gasteiger partial charge in [-0.05, 0) is 43.3 Å². The van der Waals surface area contributed by atoms with Gasteiger partial charge < -0.3 is 24.8 Å². The third-order valence-corrected chi connectivity index (χ3v) is 5.20.